The van der Waals surface area contributed by atoms with Gasteiger partial charge in [-0.2, -0.15) is 0 Å². The molecule has 0 amide bonds. The minimum absolute atomic E-state index is 0.0404. The molecule has 0 N–H and O–H groups in total. The summed E-state index contributed by atoms with van der Waals surface area (Å²) in [5.41, 5.74) is 1.21. The van der Waals surface area contributed by atoms with Crippen LogP contribution in [-0.4, -0.2) is 15.9 Å². The minimum Gasteiger partial charge on any atom is -0.406 e. The topological polar surface area (TPSA) is 44.1 Å². The molecule has 0 radical (unpaired) electrons. The first-order valence-corrected chi connectivity index (χ1v) is 7.58. The van der Waals surface area contributed by atoms with Gasteiger partial charge in [0.1, 0.15) is 12.1 Å². The maximum Gasteiger partial charge on any atom is 0.573 e. The summed E-state index contributed by atoms with van der Waals surface area (Å²) in [4.78, 5) is 16.8. The Balaban J connectivity index is 2.20. The molecule has 0 fully saturated rings. The van der Waals surface area contributed by atoms with Crippen LogP contribution in [-0.2, 0) is 0 Å². The van der Waals surface area contributed by atoms with Gasteiger partial charge in [0.2, 0.25) is 0 Å². The maximum absolute atomic E-state index is 12.7. The lowest BCUT2D eigenvalue weighted by Gasteiger charge is -2.12. The standard InChI is InChI=1S/C16H10BrF3N2O2/c1-9-12(17)3-2-4-14(9)22-8-21-13-6-5-10(24-16(18,19)20)7-11(13)15(22)23/h2-8H,1H3. The van der Waals surface area contributed by atoms with E-state index in [0.717, 1.165) is 22.2 Å². The van der Waals surface area contributed by atoms with E-state index < -0.39 is 17.7 Å². The van der Waals surface area contributed by atoms with Gasteiger partial charge < -0.3 is 4.74 Å². The second-order valence-corrected chi connectivity index (χ2v) is 5.88. The van der Waals surface area contributed by atoms with Gasteiger partial charge in [-0.25, -0.2) is 4.98 Å². The lowest BCUT2D eigenvalue weighted by molar-refractivity contribution is -0.274. The van der Waals surface area contributed by atoms with Crippen molar-refractivity contribution in [1.82, 2.24) is 9.55 Å². The molecule has 24 heavy (non-hydrogen) atoms. The van der Waals surface area contributed by atoms with E-state index in [4.69, 9.17) is 0 Å². The number of nitrogens with zero attached hydrogens (tertiary/aromatic N) is 2. The highest BCUT2D eigenvalue weighted by atomic mass is 79.9. The van der Waals surface area contributed by atoms with Crippen molar-refractivity contribution < 1.29 is 17.9 Å². The first kappa shape index (κ1) is 16.5. The molecule has 0 aliphatic carbocycles. The van der Waals surface area contributed by atoms with Gasteiger partial charge in [-0.05, 0) is 42.8 Å². The van der Waals surface area contributed by atoms with Crippen LogP contribution >= 0.6 is 15.9 Å². The van der Waals surface area contributed by atoms with Crippen LogP contribution in [0.25, 0.3) is 16.6 Å². The summed E-state index contributed by atoms with van der Waals surface area (Å²) < 4.78 is 43.0. The molecule has 0 saturated heterocycles. The Hall–Kier alpha value is -2.35. The fourth-order valence-electron chi connectivity index (χ4n) is 2.33. The Morgan fingerprint density at radius 1 is 1.21 bits per heavy atom. The zero-order chi connectivity index (χ0) is 17.5. The van der Waals surface area contributed by atoms with Gasteiger partial charge in [0.15, 0.2) is 0 Å². The second-order valence-electron chi connectivity index (χ2n) is 5.03. The monoisotopic (exact) mass is 398 g/mol. The summed E-state index contributed by atoms with van der Waals surface area (Å²) in [6, 6.07) is 8.79. The molecule has 0 unspecified atom stereocenters. The van der Waals surface area contributed by atoms with Crippen LogP contribution < -0.4 is 10.3 Å². The summed E-state index contributed by atoms with van der Waals surface area (Å²) in [6.07, 6.45) is -3.47. The Labute approximate surface area is 142 Å². The van der Waals surface area contributed by atoms with Crippen LogP contribution in [0.2, 0.25) is 0 Å². The normalized spacial score (nSPS) is 11.7. The van der Waals surface area contributed by atoms with Crippen molar-refractivity contribution >= 4 is 26.8 Å². The number of benzene rings is 2. The molecule has 3 aromatic rings. The van der Waals surface area contributed by atoms with Crippen LogP contribution in [0.15, 0.2) is 52.0 Å². The van der Waals surface area contributed by atoms with Crippen LogP contribution in [0.5, 0.6) is 5.75 Å². The first-order chi connectivity index (χ1) is 11.3. The first-order valence-electron chi connectivity index (χ1n) is 6.79. The average molecular weight is 399 g/mol. The van der Waals surface area contributed by atoms with Crippen LogP contribution in [0.1, 0.15) is 5.56 Å². The Kier molecular flexibility index (Phi) is 4.08. The van der Waals surface area contributed by atoms with E-state index >= 15 is 0 Å². The molecule has 0 atom stereocenters. The number of aromatic nitrogens is 2. The number of alkyl halides is 3. The van der Waals surface area contributed by atoms with E-state index in [2.05, 4.69) is 25.7 Å². The largest absolute Gasteiger partial charge is 0.573 e. The molecule has 0 bridgehead atoms. The Morgan fingerprint density at radius 2 is 1.96 bits per heavy atom. The number of fused-ring (bicyclic) bond motifs is 1. The van der Waals surface area contributed by atoms with Crippen LogP contribution in [0.4, 0.5) is 13.2 Å². The lowest BCUT2D eigenvalue weighted by atomic mass is 10.2. The van der Waals surface area contributed by atoms with Gasteiger partial charge in [-0.15, -0.1) is 13.2 Å². The Bertz CT molecular complexity index is 983. The number of rotatable bonds is 2. The van der Waals surface area contributed by atoms with E-state index in [1.807, 2.05) is 13.0 Å². The van der Waals surface area contributed by atoms with Crippen molar-refractivity contribution in [1.29, 1.82) is 0 Å². The number of hydrogen-bond donors (Lipinski definition) is 0. The summed E-state index contributed by atoms with van der Waals surface area (Å²) >= 11 is 3.38. The zero-order valence-electron chi connectivity index (χ0n) is 12.3. The van der Waals surface area contributed by atoms with E-state index in [9.17, 15) is 18.0 Å². The molecule has 0 aliphatic heterocycles. The van der Waals surface area contributed by atoms with Crippen molar-refractivity contribution in [3.63, 3.8) is 0 Å². The third kappa shape index (κ3) is 3.14. The molecule has 0 saturated carbocycles. The number of hydrogen-bond acceptors (Lipinski definition) is 3. The van der Waals surface area contributed by atoms with Gasteiger partial charge in [0.05, 0.1) is 16.6 Å². The highest BCUT2D eigenvalue weighted by Gasteiger charge is 2.31. The molecule has 124 valence electrons. The Morgan fingerprint density at radius 3 is 2.67 bits per heavy atom. The summed E-state index contributed by atoms with van der Waals surface area (Å²) in [6.45, 7) is 1.82. The summed E-state index contributed by atoms with van der Waals surface area (Å²) in [5, 5.41) is 0.0404. The highest BCUT2D eigenvalue weighted by Crippen LogP contribution is 2.25. The molecule has 0 aliphatic rings. The predicted molar refractivity (Wildman–Crippen MR) is 86.5 cm³/mol. The maximum atomic E-state index is 12.7. The number of halogens is 4. The van der Waals surface area contributed by atoms with E-state index in [1.54, 1.807) is 12.1 Å². The molecule has 1 heterocycles. The van der Waals surface area contributed by atoms with E-state index in [1.165, 1.54) is 17.0 Å². The molecular formula is C16H10BrF3N2O2. The smallest absolute Gasteiger partial charge is 0.406 e. The average Bonchev–Trinajstić information content (AvgIpc) is 2.50. The molecule has 4 nitrogen and oxygen atoms in total. The number of ether oxygens (including phenoxy) is 1. The van der Waals surface area contributed by atoms with Gasteiger partial charge >= 0.3 is 6.36 Å². The second kappa shape index (κ2) is 5.94. The fourth-order valence-corrected chi connectivity index (χ4v) is 2.68. The van der Waals surface area contributed by atoms with E-state index in [-0.39, 0.29) is 5.39 Å². The third-order valence-electron chi connectivity index (χ3n) is 3.46. The van der Waals surface area contributed by atoms with Gasteiger partial charge in [-0.3, -0.25) is 9.36 Å². The molecule has 2 aromatic carbocycles. The SMILES string of the molecule is Cc1c(Br)cccc1-n1cnc2ccc(OC(F)(F)F)cc2c1=O. The summed E-state index contributed by atoms with van der Waals surface area (Å²) in [5.74, 6) is -0.461. The molecule has 3 rings (SSSR count). The molecule has 1 aromatic heterocycles. The third-order valence-corrected chi connectivity index (χ3v) is 4.32. The van der Waals surface area contributed by atoms with Crippen molar-refractivity contribution in [2.75, 3.05) is 0 Å². The zero-order valence-corrected chi connectivity index (χ0v) is 13.9. The van der Waals surface area contributed by atoms with Crippen molar-refractivity contribution in [3.8, 4) is 11.4 Å². The van der Waals surface area contributed by atoms with Crippen molar-refractivity contribution in [2.24, 2.45) is 0 Å². The summed E-state index contributed by atoms with van der Waals surface area (Å²) in [7, 11) is 0. The quantitative estimate of drug-likeness (QED) is 0.644. The predicted octanol–water partition coefficient (Wildman–Crippen LogP) is 4.36. The van der Waals surface area contributed by atoms with Gasteiger partial charge in [-0.1, -0.05) is 22.0 Å². The highest BCUT2D eigenvalue weighted by molar-refractivity contribution is 9.10. The molecule has 0 spiro atoms. The van der Waals surface area contributed by atoms with Crippen LogP contribution in [0.3, 0.4) is 0 Å². The molecular weight excluding hydrogens is 389 g/mol. The lowest BCUT2D eigenvalue weighted by Crippen LogP contribution is -2.20. The fraction of sp³-hybridized carbons (Fsp3) is 0.125. The molecule has 8 heteroatoms. The van der Waals surface area contributed by atoms with Crippen molar-refractivity contribution in [2.45, 2.75) is 13.3 Å². The van der Waals surface area contributed by atoms with Crippen LogP contribution in [0, 0.1) is 6.92 Å². The minimum atomic E-state index is -4.82. The van der Waals surface area contributed by atoms with Gasteiger partial charge in [0, 0.05) is 4.47 Å². The van der Waals surface area contributed by atoms with E-state index in [0.29, 0.717) is 11.2 Å². The van der Waals surface area contributed by atoms with Crippen molar-refractivity contribution in [3.05, 3.63) is 63.1 Å². The van der Waals surface area contributed by atoms with Gasteiger partial charge in [0.25, 0.3) is 5.56 Å².